The molecule has 3 aromatic rings. The van der Waals surface area contributed by atoms with Crippen molar-refractivity contribution in [1.29, 1.82) is 0 Å². The minimum Gasteiger partial charge on any atom is -0.464 e. The smallest absolute Gasteiger partial charge is 0.357 e. The summed E-state index contributed by atoms with van der Waals surface area (Å²) < 4.78 is 18.3. The van der Waals surface area contributed by atoms with Crippen LogP contribution in [0.1, 0.15) is 10.5 Å². The first kappa shape index (κ1) is 14.0. The zero-order chi connectivity index (χ0) is 15.7. The van der Waals surface area contributed by atoms with E-state index in [1.54, 1.807) is 6.07 Å². The fourth-order valence-corrected chi connectivity index (χ4v) is 2.38. The molecule has 5 heteroatoms. The van der Waals surface area contributed by atoms with Crippen molar-refractivity contribution in [3.63, 3.8) is 0 Å². The number of anilines is 1. The lowest BCUT2D eigenvalue weighted by atomic mass is 10.0. The van der Waals surface area contributed by atoms with Gasteiger partial charge in [0.2, 0.25) is 0 Å². The Morgan fingerprint density at radius 3 is 2.55 bits per heavy atom. The lowest BCUT2D eigenvalue weighted by Gasteiger charge is -2.12. The monoisotopic (exact) mass is 296 g/mol. The largest absolute Gasteiger partial charge is 0.464 e. The van der Waals surface area contributed by atoms with E-state index >= 15 is 0 Å². The van der Waals surface area contributed by atoms with Crippen LogP contribution in [-0.2, 0) is 4.74 Å². The van der Waals surface area contributed by atoms with Gasteiger partial charge >= 0.3 is 5.97 Å². The Balaban J connectivity index is 2.38. The quantitative estimate of drug-likeness (QED) is 0.736. The van der Waals surface area contributed by atoms with Gasteiger partial charge in [-0.25, -0.2) is 14.2 Å². The first-order chi connectivity index (χ1) is 10.6. The predicted octanol–water partition coefficient (Wildman–Crippen LogP) is 3.41. The highest BCUT2D eigenvalue weighted by Gasteiger charge is 2.19. The van der Waals surface area contributed by atoms with Crippen molar-refractivity contribution < 1.29 is 13.9 Å². The number of aromatic nitrogens is 1. The maximum Gasteiger partial charge on any atom is 0.357 e. The van der Waals surface area contributed by atoms with Gasteiger partial charge in [0.05, 0.1) is 18.5 Å². The van der Waals surface area contributed by atoms with Crippen LogP contribution in [0.5, 0.6) is 0 Å². The van der Waals surface area contributed by atoms with Gasteiger partial charge in [-0.05, 0) is 18.2 Å². The van der Waals surface area contributed by atoms with E-state index in [-0.39, 0.29) is 5.69 Å². The Hall–Kier alpha value is -2.95. The Morgan fingerprint density at radius 2 is 1.86 bits per heavy atom. The molecule has 3 rings (SSSR count). The number of carbonyl (C=O) groups is 1. The fraction of sp³-hybridized carbons (Fsp3) is 0.0588. The third-order valence-corrected chi connectivity index (χ3v) is 3.43. The molecule has 1 aromatic heterocycles. The SMILES string of the molecule is COC(=O)c1nc(-c2ccccc2)c(N)c2ccc(F)cc12. The molecule has 0 amide bonds. The number of esters is 1. The zero-order valence-electron chi connectivity index (χ0n) is 11.8. The molecule has 2 aromatic carbocycles. The van der Waals surface area contributed by atoms with E-state index in [2.05, 4.69) is 4.98 Å². The molecular formula is C17H13FN2O2. The molecule has 110 valence electrons. The number of benzene rings is 2. The molecular weight excluding hydrogens is 283 g/mol. The lowest BCUT2D eigenvalue weighted by molar-refractivity contribution is 0.0596. The van der Waals surface area contributed by atoms with Gasteiger partial charge < -0.3 is 10.5 Å². The van der Waals surface area contributed by atoms with Crippen molar-refractivity contribution in [2.24, 2.45) is 0 Å². The third-order valence-electron chi connectivity index (χ3n) is 3.43. The maximum atomic E-state index is 13.5. The highest BCUT2D eigenvalue weighted by atomic mass is 19.1. The summed E-state index contributed by atoms with van der Waals surface area (Å²) in [6.07, 6.45) is 0. The molecule has 0 bridgehead atoms. The van der Waals surface area contributed by atoms with E-state index < -0.39 is 11.8 Å². The van der Waals surface area contributed by atoms with Gasteiger partial charge in [-0.15, -0.1) is 0 Å². The first-order valence-corrected chi connectivity index (χ1v) is 6.64. The topological polar surface area (TPSA) is 65.2 Å². The van der Waals surface area contributed by atoms with Gasteiger partial charge in [-0.1, -0.05) is 30.3 Å². The Morgan fingerprint density at radius 1 is 1.14 bits per heavy atom. The molecule has 1 heterocycles. The number of nitrogens with zero attached hydrogens (tertiary/aromatic N) is 1. The number of halogens is 1. The number of hydrogen-bond acceptors (Lipinski definition) is 4. The number of hydrogen-bond donors (Lipinski definition) is 1. The van der Waals surface area contributed by atoms with E-state index in [4.69, 9.17) is 10.5 Å². The van der Waals surface area contributed by atoms with Gasteiger partial charge in [-0.3, -0.25) is 0 Å². The van der Waals surface area contributed by atoms with E-state index in [9.17, 15) is 9.18 Å². The van der Waals surface area contributed by atoms with Crippen molar-refractivity contribution in [3.8, 4) is 11.3 Å². The van der Waals surface area contributed by atoms with Crippen LogP contribution in [0.25, 0.3) is 22.0 Å². The molecule has 22 heavy (non-hydrogen) atoms. The molecule has 0 saturated heterocycles. The molecule has 0 unspecified atom stereocenters. The van der Waals surface area contributed by atoms with Gasteiger partial charge in [-0.2, -0.15) is 0 Å². The molecule has 0 spiro atoms. The van der Waals surface area contributed by atoms with Crippen LogP contribution in [0.4, 0.5) is 10.1 Å². The first-order valence-electron chi connectivity index (χ1n) is 6.64. The fourth-order valence-electron chi connectivity index (χ4n) is 2.38. The van der Waals surface area contributed by atoms with Crippen molar-refractivity contribution in [3.05, 3.63) is 60.0 Å². The summed E-state index contributed by atoms with van der Waals surface area (Å²) in [5, 5.41) is 0.902. The minimum absolute atomic E-state index is 0.0463. The second kappa shape index (κ2) is 5.44. The summed E-state index contributed by atoms with van der Waals surface area (Å²) in [6.45, 7) is 0. The van der Waals surface area contributed by atoms with Gasteiger partial charge in [0.25, 0.3) is 0 Å². The van der Waals surface area contributed by atoms with Crippen LogP contribution in [0.3, 0.4) is 0 Å². The minimum atomic E-state index is -0.632. The van der Waals surface area contributed by atoms with Gasteiger partial charge in [0.1, 0.15) is 5.82 Å². The number of methoxy groups -OCH3 is 1. The Kier molecular flexibility index (Phi) is 3.47. The van der Waals surface area contributed by atoms with Gasteiger partial charge in [0.15, 0.2) is 5.69 Å². The van der Waals surface area contributed by atoms with E-state index in [0.717, 1.165) is 5.56 Å². The summed E-state index contributed by atoms with van der Waals surface area (Å²) in [6, 6.07) is 13.3. The van der Waals surface area contributed by atoms with Crippen molar-refractivity contribution in [2.75, 3.05) is 12.8 Å². The summed E-state index contributed by atoms with van der Waals surface area (Å²) in [7, 11) is 1.26. The van der Waals surface area contributed by atoms with Crippen LogP contribution in [-0.4, -0.2) is 18.1 Å². The molecule has 0 radical (unpaired) electrons. The molecule has 0 aliphatic carbocycles. The second-order valence-corrected chi connectivity index (χ2v) is 4.77. The summed E-state index contributed by atoms with van der Waals surface area (Å²) in [4.78, 5) is 16.3. The van der Waals surface area contributed by atoms with Crippen molar-refractivity contribution >= 4 is 22.4 Å². The highest BCUT2D eigenvalue weighted by molar-refractivity contribution is 6.09. The lowest BCUT2D eigenvalue weighted by Crippen LogP contribution is -2.08. The Bertz CT molecular complexity index is 863. The predicted molar refractivity (Wildman–Crippen MR) is 82.9 cm³/mol. The van der Waals surface area contributed by atoms with Crippen LogP contribution >= 0.6 is 0 Å². The zero-order valence-corrected chi connectivity index (χ0v) is 11.8. The number of carbonyl (C=O) groups excluding carboxylic acids is 1. The molecule has 0 atom stereocenters. The number of nitrogen functional groups attached to an aromatic ring is 1. The van der Waals surface area contributed by atoms with E-state index in [1.165, 1.54) is 19.2 Å². The molecule has 0 fully saturated rings. The van der Waals surface area contributed by atoms with Crippen molar-refractivity contribution in [2.45, 2.75) is 0 Å². The van der Waals surface area contributed by atoms with Gasteiger partial charge in [0, 0.05) is 16.3 Å². The molecule has 4 nitrogen and oxygen atoms in total. The second-order valence-electron chi connectivity index (χ2n) is 4.77. The average Bonchev–Trinajstić information content (AvgIpc) is 2.55. The Labute approximate surface area is 126 Å². The number of ether oxygens (including phenoxy) is 1. The molecule has 0 aliphatic rings. The van der Waals surface area contributed by atoms with E-state index in [1.807, 2.05) is 30.3 Å². The van der Waals surface area contributed by atoms with Crippen LogP contribution in [0, 0.1) is 5.82 Å². The van der Waals surface area contributed by atoms with Crippen LogP contribution in [0.15, 0.2) is 48.5 Å². The summed E-state index contributed by atoms with van der Waals surface area (Å²) in [5.41, 5.74) is 7.86. The van der Waals surface area contributed by atoms with Crippen molar-refractivity contribution in [1.82, 2.24) is 4.98 Å². The van der Waals surface area contributed by atoms with Crippen LogP contribution < -0.4 is 5.73 Å². The summed E-state index contributed by atoms with van der Waals surface area (Å²) >= 11 is 0. The standard InChI is InChI=1S/C17H13FN2O2/c1-22-17(21)16-13-9-11(18)7-8-12(13)14(19)15(20-16)10-5-3-2-4-6-10/h2-9H,19H2,1H3. The molecule has 0 aliphatic heterocycles. The maximum absolute atomic E-state index is 13.5. The number of pyridine rings is 1. The average molecular weight is 296 g/mol. The third kappa shape index (κ3) is 2.26. The number of fused-ring (bicyclic) bond motifs is 1. The number of nitrogens with two attached hydrogens (primary N) is 1. The number of rotatable bonds is 2. The molecule has 0 saturated carbocycles. The normalized spacial score (nSPS) is 10.6. The van der Waals surface area contributed by atoms with Crippen LogP contribution in [0.2, 0.25) is 0 Å². The molecule has 2 N–H and O–H groups in total. The highest BCUT2D eigenvalue weighted by Crippen LogP contribution is 2.33. The van der Waals surface area contributed by atoms with E-state index in [0.29, 0.717) is 22.2 Å². The summed E-state index contributed by atoms with van der Waals surface area (Å²) in [5.74, 6) is -1.10.